The van der Waals surface area contributed by atoms with Crippen molar-refractivity contribution in [2.45, 2.75) is 19.1 Å². The van der Waals surface area contributed by atoms with E-state index in [9.17, 15) is 0 Å². The standard InChI is InChI=1S/C13H17NO/c1-2-13(10-14)8-12(13)15-9-11-6-4-3-5-7-11/h2-7,12H,1,8-10,14H2/t12-,13-/m0/s1. The summed E-state index contributed by atoms with van der Waals surface area (Å²) in [5, 5.41) is 0. The van der Waals surface area contributed by atoms with Crippen LogP contribution in [0, 0.1) is 5.41 Å². The quantitative estimate of drug-likeness (QED) is 0.744. The van der Waals surface area contributed by atoms with Crippen LogP contribution in [0.2, 0.25) is 0 Å². The summed E-state index contributed by atoms with van der Waals surface area (Å²) in [7, 11) is 0. The molecule has 1 aromatic rings. The van der Waals surface area contributed by atoms with Crippen LogP contribution in [0.4, 0.5) is 0 Å². The Morgan fingerprint density at radius 2 is 2.20 bits per heavy atom. The summed E-state index contributed by atoms with van der Waals surface area (Å²) < 4.78 is 5.79. The van der Waals surface area contributed by atoms with Crippen molar-refractivity contribution in [2.75, 3.05) is 6.54 Å². The van der Waals surface area contributed by atoms with Crippen molar-refractivity contribution in [1.29, 1.82) is 0 Å². The zero-order chi connectivity index (χ0) is 10.7. The molecule has 1 aliphatic rings. The van der Waals surface area contributed by atoms with Gasteiger partial charge in [-0.3, -0.25) is 0 Å². The van der Waals surface area contributed by atoms with Gasteiger partial charge in [0, 0.05) is 12.0 Å². The van der Waals surface area contributed by atoms with E-state index < -0.39 is 0 Å². The normalized spacial score (nSPS) is 28.7. The minimum absolute atomic E-state index is 0.0504. The van der Waals surface area contributed by atoms with Gasteiger partial charge >= 0.3 is 0 Å². The summed E-state index contributed by atoms with van der Waals surface area (Å²) in [6, 6.07) is 10.2. The first-order valence-corrected chi connectivity index (χ1v) is 5.30. The maximum absolute atomic E-state index is 5.79. The minimum atomic E-state index is 0.0504. The van der Waals surface area contributed by atoms with E-state index in [1.54, 1.807) is 0 Å². The SMILES string of the molecule is C=C[C@@]1(CN)C[C@@H]1OCc1ccccc1. The van der Waals surface area contributed by atoms with Crippen LogP contribution in [0.5, 0.6) is 0 Å². The second kappa shape index (κ2) is 4.17. The van der Waals surface area contributed by atoms with E-state index in [1.165, 1.54) is 5.56 Å². The molecule has 0 unspecified atom stereocenters. The molecule has 2 nitrogen and oxygen atoms in total. The molecule has 15 heavy (non-hydrogen) atoms. The average Bonchev–Trinajstić information content (AvgIpc) is 3.02. The minimum Gasteiger partial charge on any atom is -0.373 e. The third-order valence-electron chi connectivity index (χ3n) is 3.13. The zero-order valence-electron chi connectivity index (χ0n) is 8.86. The predicted molar refractivity (Wildman–Crippen MR) is 61.3 cm³/mol. The number of hydrogen-bond acceptors (Lipinski definition) is 2. The van der Waals surface area contributed by atoms with Crippen LogP contribution in [-0.4, -0.2) is 12.6 Å². The van der Waals surface area contributed by atoms with E-state index in [-0.39, 0.29) is 11.5 Å². The summed E-state index contributed by atoms with van der Waals surface area (Å²) in [4.78, 5) is 0. The molecule has 1 saturated carbocycles. The molecule has 0 radical (unpaired) electrons. The highest BCUT2D eigenvalue weighted by Gasteiger charge is 2.51. The largest absolute Gasteiger partial charge is 0.373 e. The van der Waals surface area contributed by atoms with E-state index in [0.717, 1.165) is 6.42 Å². The van der Waals surface area contributed by atoms with Crippen molar-refractivity contribution < 1.29 is 4.74 Å². The first-order chi connectivity index (χ1) is 7.30. The molecule has 0 aromatic heterocycles. The highest BCUT2D eigenvalue weighted by molar-refractivity contribution is 5.17. The molecule has 0 spiro atoms. The average molecular weight is 203 g/mol. The van der Waals surface area contributed by atoms with Crippen LogP contribution in [0.15, 0.2) is 43.0 Å². The molecule has 2 heteroatoms. The molecular formula is C13H17NO. The molecule has 1 aliphatic carbocycles. The van der Waals surface area contributed by atoms with Crippen LogP contribution < -0.4 is 5.73 Å². The molecule has 0 amide bonds. The Bertz CT molecular complexity index is 336. The Labute approximate surface area is 90.7 Å². The summed E-state index contributed by atoms with van der Waals surface area (Å²) >= 11 is 0. The highest BCUT2D eigenvalue weighted by Crippen LogP contribution is 2.48. The molecule has 0 heterocycles. The van der Waals surface area contributed by atoms with E-state index in [2.05, 4.69) is 18.7 Å². The molecule has 2 N–H and O–H groups in total. The van der Waals surface area contributed by atoms with Gasteiger partial charge in [-0.25, -0.2) is 0 Å². The molecule has 80 valence electrons. The van der Waals surface area contributed by atoms with Gasteiger partial charge < -0.3 is 10.5 Å². The Balaban J connectivity index is 1.84. The molecule has 0 aliphatic heterocycles. The topological polar surface area (TPSA) is 35.2 Å². The van der Waals surface area contributed by atoms with Crippen molar-refractivity contribution in [3.8, 4) is 0 Å². The van der Waals surface area contributed by atoms with E-state index in [1.807, 2.05) is 24.3 Å². The first kappa shape index (κ1) is 10.4. The maximum Gasteiger partial charge on any atom is 0.0721 e. The fraction of sp³-hybridized carbons (Fsp3) is 0.385. The number of ether oxygens (including phenoxy) is 1. The van der Waals surface area contributed by atoms with Crippen LogP contribution in [0.3, 0.4) is 0 Å². The van der Waals surface area contributed by atoms with E-state index in [0.29, 0.717) is 13.2 Å². The fourth-order valence-corrected chi connectivity index (χ4v) is 1.80. The van der Waals surface area contributed by atoms with Crippen LogP contribution in [0.25, 0.3) is 0 Å². The number of benzene rings is 1. The van der Waals surface area contributed by atoms with Crippen molar-refractivity contribution in [1.82, 2.24) is 0 Å². The molecule has 0 bridgehead atoms. The Kier molecular flexibility index (Phi) is 2.89. The van der Waals surface area contributed by atoms with Crippen molar-refractivity contribution in [2.24, 2.45) is 11.1 Å². The number of rotatable bonds is 5. The maximum atomic E-state index is 5.79. The third-order valence-corrected chi connectivity index (χ3v) is 3.13. The Hall–Kier alpha value is -1.12. The summed E-state index contributed by atoms with van der Waals surface area (Å²) in [5.41, 5.74) is 6.95. The van der Waals surface area contributed by atoms with Gasteiger partial charge in [-0.05, 0) is 12.0 Å². The zero-order valence-corrected chi connectivity index (χ0v) is 8.86. The summed E-state index contributed by atoms with van der Waals surface area (Å²) in [5.74, 6) is 0. The molecule has 1 fully saturated rings. The summed E-state index contributed by atoms with van der Waals surface area (Å²) in [6.45, 7) is 5.11. The van der Waals surface area contributed by atoms with Crippen molar-refractivity contribution >= 4 is 0 Å². The van der Waals surface area contributed by atoms with Gasteiger partial charge in [0.2, 0.25) is 0 Å². The smallest absolute Gasteiger partial charge is 0.0721 e. The monoisotopic (exact) mass is 203 g/mol. The molecule has 1 aromatic carbocycles. The van der Waals surface area contributed by atoms with Gasteiger partial charge in [0.05, 0.1) is 12.7 Å². The second-order valence-corrected chi connectivity index (χ2v) is 4.13. The summed E-state index contributed by atoms with van der Waals surface area (Å²) in [6.07, 6.45) is 3.21. The van der Waals surface area contributed by atoms with E-state index >= 15 is 0 Å². The molecule has 2 atom stereocenters. The molecule has 2 rings (SSSR count). The lowest BCUT2D eigenvalue weighted by molar-refractivity contribution is 0.0863. The van der Waals surface area contributed by atoms with Gasteiger partial charge in [-0.15, -0.1) is 6.58 Å². The predicted octanol–water partition coefficient (Wildman–Crippen LogP) is 2.11. The van der Waals surface area contributed by atoms with Gasteiger partial charge in [0.15, 0.2) is 0 Å². The van der Waals surface area contributed by atoms with E-state index in [4.69, 9.17) is 10.5 Å². The van der Waals surface area contributed by atoms with Gasteiger partial charge in [-0.2, -0.15) is 0 Å². The van der Waals surface area contributed by atoms with Crippen LogP contribution >= 0.6 is 0 Å². The highest BCUT2D eigenvalue weighted by atomic mass is 16.5. The lowest BCUT2D eigenvalue weighted by Crippen LogP contribution is -2.18. The fourth-order valence-electron chi connectivity index (χ4n) is 1.80. The number of hydrogen-bond donors (Lipinski definition) is 1. The lowest BCUT2D eigenvalue weighted by Gasteiger charge is -2.09. The van der Waals surface area contributed by atoms with Crippen LogP contribution in [-0.2, 0) is 11.3 Å². The van der Waals surface area contributed by atoms with Crippen molar-refractivity contribution in [3.05, 3.63) is 48.6 Å². The second-order valence-electron chi connectivity index (χ2n) is 4.13. The van der Waals surface area contributed by atoms with Gasteiger partial charge in [0.1, 0.15) is 0 Å². The Morgan fingerprint density at radius 1 is 1.47 bits per heavy atom. The van der Waals surface area contributed by atoms with Gasteiger partial charge in [0.25, 0.3) is 0 Å². The molecular weight excluding hydrogens is 186 g/mol. The lowest BCUT2D eigenvalue weighted by atomic mass is 10.1. The van der Waals surface area contributed by atoms with Crippen LogP contribution in [0.1, 0.15) is 12.0 Å². The number of nitrogens with two attached hydrogens (primary N) is 1. The third kappa shape index (κ3) is 2.11. The first-order valence-electron chi connectivity index (χ1n) is 5.30. The van der Waals surface area contributed by atoms with Gasteiger partial charge in [-0.1, -0.05) is 36.4 Å². The molecule has 0 saturated heterocycles. The Morgan fingerprint density at radius 3 is 2.73 bits per heavy atom. The van der Waals surface area contributed by atoms with Crippen molar-refractivity contribution in [3.63, 3.8) is 0 Å².